The molecule has 184 valence electrons. The zero-order valence-electron chi connectivity index (χ0n) is 20.4. The number of carbonyl (C=O) groups is 1. The SMILES string of the molecule is CC(C)(C)NCc1cc(F)c(F)cc1-c1ccc2nc(N)nc(C(=O)N3Cc4ccccc4C3)c2c1. The van der Waals surface area contributed by atoms with Crippen molar-refractivity contribution < 1.29 is 13.6 Å². The van der Waals surface area contributed by atoms with Crippen LogP contribution in [0.5, 0.6) is 0 Å². The molecule has 0 spiro atoms. The Kier molecular flexibility index (Phi) is 5.92. The average molecular weight is 488 g/mol. The minimum Gasteiger partial charge on any atom is -0.368 e. The van der Waals surface area contributed by atoms with E-state index in [0.717, 1.165) is 11.1 Å². The summed E-state index contributed by atoms with van der Waals surface area (Å²) < 4.78 is 28.5. The molecule has 1 aromatic heterocycles. The monoisotopic (exact) mass is 487 g/mol. The van der Waals surface area contributed by atoms with Gasteiger partial charge in [0.05, 0.1) is 5.52 Å². The second kappa shape index (κ2) is 8.95. The molecular weight excluding hydrogens is 460 g/mol. The zero-order valence-corrected chi connectivity index (χ0v) is 20.4. The third kappa shape index (κ3) is 4.64. The van der Waals surface area contributed by atoms with E-state index < -0.39 is 11.6 Å². The number of aromatic nitrogens is 2. The number of nitrogen functional groups attached to an aromatic ring is 1. The summed E-state index contributed by atoms with van der Waals surface area (Å²) in [4.78, 5) is 23.9. The van der Waals surface area contributed by atoms with Gasteiger partial charge in [0, 0.05) is 30.6 Å². The minimum absolute atomic E-state index is 0.00166. The van der Waals surface area contributed by atoms with Gasteiger partial charge in [-0.25, -0.2) is 18.7 Å². The standard InChI is InChI=1S/C28H27F2N5O/c1-28(2,3)32-13-19-11-22(29)23(30)12-20(19)16-8-9-24-21(10-16)25(34-27(31)33-24)26(36)35-14-17-6-4-5-7-18(17)15-35/h4-12,32H,13-15H2,1-3H3,(H2,31,33,34). The molecule has 6 nitrogen and oxygen atoms in total. The number of carbonyl (C=O) groups excluding carboxylic acids is 1. The van der Waals surface area contributed by atoms with Crippen molar-refractivity contribution in [3.05, 3.63) is 88.6 Å². The van der Waals surface area contributed by atoms with Crippen LogP contribution in [0.15, 0.2) is 54.6 Å². The molecule has 4 aromatic rings. The van der Waals surface area contributed by atoms with Crippen molar-refractivity contribution >= 4 is 22.8 Å². The van der Waals surface area contributed by atoms with Gasteiger partial charge in [0.25, 0.3) is 5.91 Å². The second-order valence-corrected chi connectivity index (χ2v) is 10.1. The van der Waals surface area contributed by atoms with Gasteiger partial charge >= 0.3 is 0 Å². The molecule has 0 fully saturated rings. The summed E-state index contributed by atoms with van der Waals surface area (Å²) in [6.45, 7) is 7.29. The Labute approximate surface area is 208 Å². The van der Waals surface area contributed by atoms with Gasteiger partial charge < -0.3 is 16.0 Å². The van der Waals surface area contributed by atoms with Crippen LogP contribution in [-0.4, -0.2) is 26.3 Å². The van der Waals surface area contributed by atoms with E-state index in [1.165, 1.54) is 12.1 Å². The van der Waals surface area contributed by atoms with E-state index in [4.69, 9.17) is 5.73 Å². The van der Waals surface area contributed by atoms with E-state index in [0.29, 0.717) is 47.2 Å². The van der Waals surface area contributed by atoms with Crippen LogP contribution >= 0.6 is 0 Å². The number of benzene rings is 3. The van der Waals surface area contributed by atoms with E-state index in [1.807, 2.05) is 45.0 Å². The van der Waals surface area contributed by atoms with Crippen LogP contribution in [0.3, 0.4) is 0 Å². The Balaban J connectivity index is 1.58. The molecule has 0 saturated heterocycles. The minimum atomic E-state index is -0.940. The average Bonchev–Trinajstić information content (AvgIpc) is 3.27. The lowest BCUT2D eigenvalue weighted by molar-refractivity contribution is 0.0747. The fourth-order valence-electron chi connectivity index (χ4n) is 4.47. The maximum Gasteiger partial charge on any atom is 0.273 e. The summed E-state index contributed by atoms with van der Waals surface area (Å²) in [5.74, 6) is -2.12. The number of nitrogens with two attached hydrogens (primary N) is 1. The maximum atomic E-state index is 14.3. The lowest BCUT2D eigenvalue weighted by Gasteiger charge is -2.22. The van der Waals surface area contributed by atoms with E-state index in [2.05, 4.69) is 15.3 Å². The lowest BCUT2D eigenvalue weighted by Crippen LogP contribution is -2.35. The van der Waals surface area contributed by atoms with Crippen LogP contribution < -0.4 is 11.1 Å². The number of amides is 1. The van der Waals surface area contributed by atoms with Gasteiger partial charge in [-0.1, -0.05) is 30.3 Å². The lowest BCUT2D eigenvalue weighted by atomic mass is 9.96. The normalized spacial score (nSPS) is 13.3. The smallest absolute Gasteiger partial charge is 0.273 e. The summed E-state index contributed by atoms with van der Waals surface area (Å²) in [5, 5.41) is 3.83. The Morgan fingerprint density at radius 3 is 2.33 bits per heavy atom. The number of nitrogens with one attached hydrogen (secondary N) is 1. The van der Waals surface area contributed by atoms with Crippen LogP contribution in [-0.2, 0) is 19.6 Å². The summed E-state index contributed by atoms with van der Waals surface area (Å²) in [5.41, 5.74) is 10.3. The molecule has 1 aliphatic heterocycles. The van der Waals surface area contributed by atoms with Gasteiger partial charge in [-0.15, -0.1) is 0 Å². The van der Waals surface area contributed by atoms with Crippen molar-refractivity contribution in [3.8, 4) is 11.1 Å². The molecule has 0 saturated carbocycles. The summed E-state index contributed by atoms with van der Waals surface area (Å²) in [6.07, 6.45) is 0. The third-order valence-corrected chi connectivity index (χ3v) is 6.31. The number of anilines is 1. The van der Waals surface area contributed by atoms with Crippen LogP contribution in [0.25, 0.3) is 22.0 Å². The molecule has 0 aliphatic carbocycles. The fourth-order valence-corrected chi connectivity index (χ4v) is 4.47. The molecule has 1 amide bonds. The molecule has 2 heterocycles. The summed E-state index contributed by atoms with van der Waals surface area (Å²) >= 11 is 0. The third-order valence-electron chi connectivity index (χ3n) is 6.31. The van der Waals surface area contributed by atoms with Gasteiger partial charge in [-0.2, -0.15) is 0 Å². The molecular formula is C28H27F2N5O. The van der Waals surface area contributed by atoms with Crippen molar-refractivity contribution in [2.75, 3.05) is 5.73 Å². The van der Waals surface area contributed by atoms with Crippen LogP contribution in [0.4, 0.5) is 14.7 Å². The second-order valence-electron chi connectivity index (χ2n) is 10.1. The molecule has 8 heteroatoms. The predicted molar refractivity (Wildman–Crippen MR) is 136 cm³/mol. The van der Waals surface area contributed by atoms with E-state index in [1.54, 1.807) is 23.1 Å². The fraction of sp³-hybridized carbons (Fsp3) is 0.250. The number of halogens is 2. The van der Waals surface area contributed by atoms with E-state index in [-0.39, 0.29) is 23.1 Å². The number of fused-ring (bicyclic) bond motifs is 2. The topological polar surface area (TPSA) is 84.1 Å². The quantitative estimate of drug-likeness (QED) is 0.413. The van der Waals surface area contributed by atoms with E-state index >= 15 is 0 Å². The van der Waals surface area contributed by atoms with Gasteiger partial charge in [-0.3, -0.25) is 4.79 Å². The molecule has 0 atom stereocenters. The molecule has 5 rings (SSSR count). The van der Waals surface area contributed by atoms with E-state index in [9.17, 15) is 13.6 Å². The first-order valence-electron chi connectivity index (χ1n) is 11.8. The largest absolute Gasteiger partial charge is 0.368 e. The number of hydrogen-bond donors (Lipinski definition) is 2. The molecule has 36 heavy (non-hydrogen) atoms. The highest BCUT2D eigenvalue weighted by Crippen LogP contribution is 2.32. The van der Waals surface area contributed by atoms with Gasteiger partial charge in [0.1, 0.15) is 5.69 Å². The van der Waals surface area contributed by atoms with Gasteiger partial charge in [0.2, 0.25) is 5.95 Å². The molecule has 1 aliphatic rings. The molecule has 3 aromatic carbocycles. The van der Waals surface area contributed by atoms with Crippen LogP contribution in [0.1, 0.15) is 48.0 Å². The zero-order chi connectivity index (χ0) is 25.6. The van der Waals surface area contributed by atoms with Gasteiger partial charge in [0.15, 0.2) is 11.6 Å². The molecule has 0 radical (unpaired) electrons. The predicted octanol–water partition coefficient (Wildman–Crippen LogP) is 5.20. The molecule has 3 N–H and O–H groups in total. The highest BCUT2D eigenvalue weighted by Gasteiger charge is 2.27. The summed E-state index contributed by atoms with van der Waals surface area (Å²) in [6, 6.07) is 15.5. The Morgan fingerprint density at radius 2 is 1.67 bits per heavy atom. The van der Waals surface area contributed by atoms with Crippen LogP contribution in [0.2, 0.25) is 0 Å². The molecule has 0 unspecified atom stereocenters. The first-order valence-corrected chi connectivity index (χ1v) is 11.8. The molecule has 0 bridgehead atoms. The maximum absolute atomic E-state index is 14.3. The first kappa shape index (κ1) is 23.8. The highest BCUT2D eigenvalue weighted by molar-refractivity contribution is 6.06. The summed E-state index contributed by atoms with van der Waals surface area (Å²) in [7, 11) is 0. The first-order chi connectivity index (χ1) is 17.1. The number of nitrogens with zero attached hydrogens (tertiary/aromatic N) is 3. The van der Waals surface area contributed by atoms with Crippen molar-refractivity contribution in [1.82, 2.24) is 20.2 Å². The Hall–Kier alpha value is -3.91. The van der Waals surface area contributed by atoms with Crippen molar-refractivity contribution in [2.45, 2.75) is 45.9 Å². The highest BCUT2D eigenvalue weighted by atomic mass is 19.2. The number of rotatable bonds is 4. The number of hydrogen-bond acceptors (Lipinski definition) is 5. The Morgan fingerprint density at radius 1 is 1.00 bits per heavy atom. The Bertz CT molecular complexity index is 1470. The van der Waals surface area contributed by atoms with Crippen LogP contribution in [0, 0.1) is 11.6 Å². The van der Waals surface area contributed by atoms with Crippen molar-refractivity contribution in [3.63, 3.8) is 0 Å². The van der Waals surface area contributed by atoms with Crippen molar-refractivity contribution in [1.29, 1.82) is 0 Å². The van der Waals surface area contributed by atoms with Gasteiger partial charge in [-0.05, 0) is 72.9 Å². The van der Waals surface area contributed by atoms with Crippen molar-refractivity contribution in [2.24, 2.45) is 0 Å².